The van der Waals surface area contributed by atoms with Crippen molar-refractivity contribution < 1.29 is 59.1 Å². The predicted octanol–water partition coefficient (Wildman–Crippen LogP) is 2.78. The molecule has 8 aliphatic rings. The van der Waals surface area contributed by atoms with Crippen molar-refractivity contribution in [3.8, 4) is 0 Å². The minimum absolute atomic E-state index is 0.0239. The first-order chi connectivity index (χ1) is 24.3. The quantitative estimate of drug-likeness (QED) is 0.174. The molecule has 0 aromatic rings. The van der Waals surface area contributed by atoms with Crippen molar-refractivity contribution in [2.75, 3.05) is 19.8 Å². The van der Waals surface area contributed by atoms with Gasteiger partial charge < -0.3 is 59.1 Å². The summed E-state index contributed by atoms with van der Waals surface area (Å²) in [6, 6.07) is 0. The van der Waals surface area contributed by atoms with Crippen LogP contribution >= 0.6 is 0 Å². The molecule has 52 heavy (non-hydrogen) atoms. The number of aliphatic hydroxyl groups excluding tert-OH is 5. The lowest BCUT2D eigenvalue weighted by atomic mass is 9.35. The number of allylic oxidation sites excluding steroid dienone is 1. The fourth-order valence-corrected chi connectivity index (χ4v) is 14.2. The van der Waals surface area contributed by atoms with Gasteiger partial charge in [-0.1, -0.05) is 39.3 Å². The van der Waals surface area contributed by atoms with Crippen molar-refractivity contribution in [3.63, 3.8) is 0 Å². The Hall–Kier alpha value is -0.740. The van der Waals surface area contributed by atoms with Crippen LogP contribution in [0.25, 0.3) is 0 Å². The Labute approximate surface area is 308 Å². The molecule has 4 aliphatic carbocycles. The second kappa shape index (κ2) is 12.6. The van der Waals surface area contributed by atoms with E-state index in [9.17, 15) is 30.6 Å². The molecule has 0 aromatic heterocycles. The number of ether oxygens (including phenoxy) is 6. The number of fused-ring (bicyclic) bond motifs is 4. The number of hydrogen-bond acceptors (Lipinski definition) is 12. The SMILES string of the molecule is CC(C)=CC1CC(C)(O)C2C3CCC4C5(C)CCC(OC6OCC(O)C(OC7OC(CO)C(O)C7O)C6O)C(C)(C)C5CCC4(C)C34COC2(C4)O1. The predicted molar refractivity (Wildman–Crippen MR) is 186 cm³/mol. The van der Waals surface area contributed by atoms with Crippen LogP contribution in [0.5, 0.6) is 0 Å². The fraction of sp³-hybridized carbons (Fsp3) is 0.950. The zero-order valence-corrected chi connectivity index (χ0v) is 32.1. The van der Waals surface area contributed by atoms with E-state index in [-0.39, 0.29) is 46.4 Å². The summed E-state index contributed by atoms with van der Waals surface area (Å²) in [5, 5.41) is 64.3. The summed E-state index contributed by atoms with van der Waals surface area (Å²) < 4.78 is 37.6. The molecule has 8 rings (SSSR count). The van der Waals surface area contributed by atoms with Gasteiger partial charge in [0.1, 0.15) is 36.6 Å². The minimum Gasteiger partial charge on any atom is -0.394 e. The number of hydrogen-bond donors (Lipinski definition) is 6. The minimum atomic E-state index is -1.45. The zero-order valence-electron chi connectivity index (χ0n) is 32.1. The maximum atomic E-state index is 12.1. The lowest BCUT2D eigenvalue weighted by molar-refractivity contribution is -0.343. The van der Waals surface area contributed by atoms with Crippen molar-refractivity contribution in [1.29, 1.82) is 0 Å². The Bertz CT molecular complexity index is 1400. The van der Waals surface area contributed by atoms with Crippen molar-refractivity contribution in [2.24, 2.45) is 45.3 Å². The van der Waals surface area contributed by atoms with Gasteiger partial charge in [-0.2, -0.15) is 0 Å². The first-order valence-electron chi connectivity index (χ1n) is 19.9. The summed E-state index contributed by atoms with van der Waals surface area (Å²) in [6.07, 6.45) is -0.830. The fourth-order valence-electron chi connectivity index (χ4n) is 14.2. The van der Waals surface area contributed by atoms with Gasteiger partial charge in [0, 0.05) is 24.2 Å². The highest BCUT2D eigenvalue weighted by Crippen LogP contribution is 2.80. The van der Waals surface area contributed by atoms with Crippen molar-refractivity contribution in [3.05, 3.63) is 11.6 Å². The Kier molecular flexibility index (Phi) is 9.27. The van der Waals surface area contributed by atoms with Crippen LogP contribution in [0.1, 0.15) is 99.8 Å². The monoisotopic (exact) mass is 736 g/mol. The summed E-state index contributed by atoms with van der Waals surface area (Å²) in [7, 11) is 0. The highest BCUT2D eigenvalue weighted by molar-refractivity contribution is 5.26. The zero-order chi connectivity index (χ0) is 37.4. The van der Waals surface area contributed by atoms with Gasteiger partial charge in [0.2, 0.25) is 0 Å². The molecule has 12 nitrogen and oxygen atoms in total. The maximum absolute atomic E-state index is 12.1. The van der Waals surface area contributed by atoms with Gasteiger partial charge in [-0.25, -0.2) is 0 Å². The molecule has 6 N–H and O–H groups in total. The van der Waals surface area contributed by atoms with Gasteiger partial charge in [0.15, 0.2) is 18.4 Å². The molecule has 12 heteroatoms. The number of rotatable bonds is 6. The third-order valence-corrected chi connectivity index (χ3v) is 16.3. The van der Waals surface area contributed by atoms with Crippen LogP contribution in [0.4, 0.5) is 0 Å². The highest BCUT2D eigenvalue weighted by Gasteiger charge is 2.80. The van der Waals surface area contributed by atoms with E-state index in [0.717, 1.165) is 44.9 Å². The van der Waals surface area contributed by atoms with Gasteiger partial charge in [0.25, 0.3) is 0 Å². The molecule has 2 bridgehead atoms. The van der Waals surface area contributed by atoms with E-state index in [4.69, 9.17) is 28.4 Å². The van der Waals surface area contributed by atoms with Crippen molar-refractivity contribution >= 4 is 0 Å². The van der Waals surface area contributed by atoms with Crippen LogP contribution in [0, 0.1) is 45.3 Å². The Balaban J connectivity index is 0.999. The van der Waals surface area contributed by atoms with E-state index in [1.54, 1.807) is 0 Å². The second-order valence-electron chi connectivity index (χ2n) is 19.7. The van der Waals surface area contributed by atoms with E-state index >= 15 is 0 Å². The lowest BCUT2D eigenvalue weighted by Gasteiger charge is -2.70. The normalized spacial score (nSPS) is 57.8. The van der Waals surface area contributed by atoms with Gasteiger partial charge in [-0.05, 0) is 93.3 Å². The van der Waals surface area contributed by atoms with E-state index in [1.807, 2.05) is 6.92 Å². The Morgan fingerprint density at radius 2 is 1.62 bits per heavy atom. The van der Waals surface area contributed by atoms with Gasteiger partial charge in [-0.3, -0.25) is 0 Å². The maximum Gasteiger partial charge on any atom is 0.187 e. The molecule has 4 aliphatic heterocycles. The van der Waals surface area contributed by atoms with E-state index in [1.165, 1.54) is 5.57 Å². The second-order valence-corrected chi connectivity index (χ2v) is 19.7. The van der Waals surface area contributed by atoms with Crippen molar-refractivity contribution in [1.82, 2.24) is 0 Å². The molecule has 4 saturated heterocycles. The Morgan fingerprint density at radius 1 is 0.865 bits per heavy atom. The van der Waals surface area contributed by atoms with Gasteiger partial charge >= 0.3 is 0 Å². The molecule has 0 aromatic carbocycles. The van der Waals surface area contributed by atoms with Crippen molar-refractivity contribution in [2.45, 2.75) is 173 Å². The highest BCUT2D eigenvalue weighted by atomic mass is 16.7. The average Bonchev–Trinajstić information content (AvgIpc) is 3.67. The first-order valence-corrected chi connectivity index (χ1v) is 19.9. The summed E-state index contributed by atoms with van der Waals surface area (Å²) in [6.45, 7) is 15.8. The smallest absolute Gasteiger partial charge is 0.187 e. The molecular weight excluding hydrogens is 672 g/mol. The molecule has 4 saturated carbocycles. The molecule has 2 spiro atoms. The number of aliphatic hydroxyl groups is 6. The third-order valence-electron chi connectivity index (χ3n) is 16.3. The summed E-state index contributed by atoms with van der Waals surface area (Å²) in [5.41, 5.74) is 0.0593. The van der Waals surface area contributed by atoms with E-state index < -0.39 is 67.2 Å². The molecule has 8 fully saturated rings. The molecule has 4 heterocycles. The molecule has 19 unspecified atom stereocenters. The van der Waals surface area contributed by atoms with E-state index in [0.29, 0.717) is 30.8 Å². The van der Waals surface area contributed by atoms with Crippen LogP contribution in [-0.2, 0) is 28.4 Å². The molecule has 19 atom stereocenters. The first kappa shape index (κ1) is 38.1. The summed E-state index contributed by atoms with van der Waals surface area (Å²) >= 11 is 0. The average molecular weight is 737 g/mol. The van der Waals surface area contributed by atoms with Crippen LogP contribution in [0.15, 0.2) is 11.6 Å². The van der Waals surface area contributed by atoms with Crippen LogP contribution in [0.2, 0.25) is 0 Å². The molecule has 0 amide bonds. The molecule has 0 radical (unpaired) electrons. The molecular formula is C40H64O12. The topological polar surface area (TPSA) is 177 Å². The van der Waals surface area contributed by atoms with Crippen LogP contribution in [0.3, 0.4) is 0 Å². The van der Waals surface area contributed by atoms with Gasteiger partial charge in [0.05, 0.1) is 37.6 Å². The van der Waals surface area contributed by atoms with Gasteiger partial charge in [-0.15, -0.1) is 0 Å². The largest absolute Gasteiger partial charge is 0.394 e. The summed E-state index contributed by atoms with van der Waals surface area (Å²) in [5.74, 6) is 0.373. The molecule has 296 valence electrons. The van der Waals surface area contributed by atoms with Crippen LogP contribution < -0.4 is 0 Å². The standard InChI is InChI=1S/C40H64O12/c1-20(2)14-21-15-38(7,46)32-22-8-9-26-36(5)12-11-27(35(3,4)25(36)10-13-37(26,6)39(22)18-40(32,52-21)48-19-39)50-33-30(45)31(23(42)17-47-33)51-34-29(44)28(43)24(16-41)49-34/h14,21-34,41-46H,8-13,15-19H2,1-7H3. The van der Waals surface area contributed by atoms with E-state index in [2.05, 4.69) is 47.6 Å². The van der Waals surface area contributed by atoms with Crippen LogP contribution in [-0.4, -0.2) is 123 Å². The summed E-state index contributed by atoms with van der Waals surface area (Å²) in [4.78, 5) is 0. The Morgan fingerprint density at radius 3 is 2.31 bits per heavy atom. The third kappa shape index (κ3) is 5.29. The lowest BCUT2D eigenvalue weighted by Crippen LogP contribution is -2.67.